The van der Waals surface area contributed by atoms with Crippen LogP contribution < -0.4 is 5.32 Å². The number of nitrogens with one attached hydrogen (secondary N) is 1. The van der Waals surface area contributed by atoms with Crippen molar-refractivity contribution in [2.24, 2.45) is 0 Å². The molecule has 0 saturated carbocycles. The van der Waals surface area contributed by atoms with Crippen LogP contribution in [0.4, 0.5) is 4.39 Å². The highest BCUT2D eigenvalue weighted by Gasteiger charge is 2.20. The molecular weight excluding hydrogens is 401 g/mol. The number of esters is 1. The minimum Gasteiger partial charge on any atom is -0.481 e. The molecule has 0 aliphatic rings. The number of carboxylic acids is 1. The van der Waals surface area contributed by atoms with E-state index in [-0.39, 0.29) is 25.9 Å². The zero-order valence-electron chi connectivity index (χ0n) is 15.8. The molecule has 154 valence electrons. The Labute approximate surface area is 172 Å². The van der Waals surface area contributed by atoms with E-state index in [1.165, 1.54) is 18.2 Å². The van der Waals surface area contributed by atoms with E-state index in [1.807, 2.05) is 0 Å². The van der Waals surface area contributed by atoms with Gasteiger partial charge in [-0.2, -0.15) is 0 Å². The van der Waals surface area contributed by atoms with Gasteiger partial charge in [-0.15, -0.1) is 0 Å². The first-order valence-corrected chi connectivity index (χ1v) is 9.40. The lowest BCUT2D eigenvalue weighted by Gasteiger charge is -2.19. The Bertz CT molecular complexity index is 885. The predicted molar refractivity (Wildman–Crippen MR) is 106 cm³/mol. The molecule has 8 heteroatoms. The maximum absolute atomic E-state index is 14.1. The fraction of sp³-hybridized carbons (Fsp3) is 0.286. The molecule has 0 aliphatic carbocycles. The van der Waals surface area contributed by atoms with Crippen molar-refractivity contribution in [3.63, 3.8) is 0 Å². The predicted octanol–water partition coefficient (Wildman–Crippen LogP) is 4.12. The number of benzene rings is 2. The van der Waals surface area contributed by atoms with Crippen LogP contribution in [0.2, 0.25) is 5.02 Å². The smallest absolute Gasteiger partial charge is 0.308 e. The standard InChI is InChI=1S/C21H21ClFNO5/c1-2-29-21(28)12-18(24-19(25)9-10-20(26)27)14-5-3-13(4-6-14)16-11-15(22)7-8-17(16)23/h3-8,11,18H,2,9-10,12H2,1H3,(H,24,25)(H,26,27). The lowest BCUT2D eigenvalue weighted by Crippen LogP contribution is -2.30. The number of carbonyl (C=O) groups is 3. The second kappa shape index (κ2) is 10.6. The third kappa shape index (κ3) is 6.87. The number of rotatable bonds is 9. The third-order valence-electron chi connectivity index (χ3n) is 4.13. The first-order chi connectivity index (χ1) is 13.8. The van der Waals surface area contributed by atoms with E-state index in [9.17, 15) is 18.8 Å². The first-order valence-electron chi connectivity index (χ1n) is 9.02. The van der Waals surface area contributed by atoms with Gasteiger partial charge in [-0.25, -0.2) is 4.39 Å². The summed E-state index contributed by atoms with van der Waals surface area (Å²) in [6.45, 7) is 1.87. The first kappa shape index (κ1) is 22.4. The van der Waals surface area contributed by atoms with E-state index in [0.717, 1.165) is 0 Å². The van der Waals surface area contributed by atoms with Crippen LogP contribution in [-0.4, -0.2) is 29.6 Å². The van der Waals surface area contributed by atoms with E-state index >= 15 is 0 Å². The molecule has 0 bridgehead atoms. The highest BCUT2D eigenvalue weighted by Crippen LogP contribution is 2.28. The number of hydrogen-bond acceptors (Lipinski definition) is 4. The van der Waals surface area contributed by atoms with Crippen LogP contribution in [-0.2, 0) is 19.1 Å². The molecule has 0 fully saturated rings. The summed E-state index contributed by atoms with van der Waals surface area (Å²) in [5.74, 6) is -2.50. The van der Waals surface area contributed by atoms with E-state index in [0.29, 0.717) is 21.7 Å². The number of carboxylic acid groups (broad SMARTS) is 1. The second-order valence-corrected chi connectivity index (χ2v) is 6.71. The molecule has 2 aromatic carbocycles. The van der Waals surface area contributed by atoms with E-state index < -0.39 is 29.7 Å². The number of carbonyl (C=O) groups excluding carboxylic acids is 2. The van der Waals surface area contributed by atoms with Crippen molar-refractivity contribution < 1.29 is 28.6 Å². The lowest BCUT2D eigenvalue weighted by molar-refractivity contribution is -0.144. The average molecular weight is 422 g/mol. The second-order valence-electron chi connectivity index (χ2n) is 6.27. The van der Waals surface area contributed by atoms with Gasteiger partial charge < -0.3 is 15.2 Å². The largest absolute Gasteiger partial charge is 0.481 e. The average Bonchev–Trinajstić information content (AvgIpc) is 2.68. The molecule has 0 aliphatic heterocycles. The fourth-order valence-electron chi connectivity index (χ4n) is 2.74. The molecule has 0 heterocycles. The number of halogens is 2. The van der Waals surface area contributed by atoms with Crippen molar-refractivity contribution in [2.45, 2.75) is 32.2 Å². The van der Waals surface area contributed by atoms with Gasteiger partial charge in [0.15, 0.2) is 0 Å². The van der Waals surface area contributed by atoms with Crippen LogP contribution in [0.3, 0.4) is 0 Å². The van der Waals surface area contributed by atoms with E-state index in [4.69, 9.17) is 21.4 Å². The zero-order valence-corrected chi connectivity index (χ0v) is 16.5. The van der Waals surface area contributed by atoms with Crippen LogP contribution in [0.5, 0.6) is 0 Å². The van der Waals surface area contributed by atoms with Crippen molar-refractivity contribution in [2.75, 3.05) is 6.61 Å². The summed E-state index contributed by atoms with van der Waals surface area (Å²) in [5, 5.41) is 11.8. The van der Waals surface area contributed by atoms with E-state index in [2.05, 4.69) is 5.32 Å². The lowest BCUT2D eigenvalue weighted by atomic mass is 9.98. The van der Waals surface area contributed by atoms with Crippen LogP contribution in [0.1, 0.15) is 37.8 Å². The maximum atomic E-state index is 14.1. The molecule has 2 N–H and O–H groups in total. The topological polar surface area (TPSA) is 92.7 Å². The van der Waals surface area contributed by atoms with Gasteiger partial charge >= 0.3 is 11.9 Å². The molecule has 2 aromatic rings. The molecule has 0 spiro atoms. The fourth-order valence-corrected chi connectivity index (χ4v) is 2.91. The minimum atomic E-state index is -1.09. The summed E-state index contributed by atoms with van der Waals surface area (Å²) in [6, 6.07) is 10.2. The molecule has 0 radical (unpaired) electrons. The van der Waals surface area contributed by atoms with Gasteiger partial charge in [0.1, 0.15) is 5.82 Å². The SMILES string of the molecule is CCOC(=O)CC(NC(=O)CCC(=O)O)c1ccc(-c2cc(Cl)ccc2F)cc1. The van der Waals surface area contributed by atoms with Crippen LogP contribution in [0.25, 0.3) is 11.1 Å². The molecule has 29 heavy (non-hydrogen) atoms. The Morgan fingerprint density at radius 2 is 1.83 bits per heavy atom. The number of aliphatic carboxylic acids is 1. The third-order valence-corrected chi connectivity index (χ3v) is 4.36. The zero-order chi connectivity index (χ0) is 21.4. The Morgan fingerprint density at radius 3 is 2.45 bits per heavy atom. The summed E-state index contributed by atoms with van der Waals surface area (Å²) in [6.07, 6.45) is -0.636. The van der Waals surface area contributed by atoms with Gasteiger partial charge in [0.05, 0.1) is 25.5 Å². The molecule has 1 amide bonds. The molecule has 0 aromatic heterocycles. The highest BCUT2D eigenvalue weighted by atomic mass is 35.5. The Morgan fingerprint density at radius 1 is 1.14 bits per heavy atom. The molecule has 1 unspecified atom stereocenters. The molecule has 2 rings (SSSR count). The number of ether oxygens (including phenoxy) is 1. The Kier molecular flexibility index (Phi) is 8.15. The molecule has 6 nitrogen and oxygen atoms in total. The minimum absolute atomic E-state index is 0.114. The summed E-state index contributed by atoms with van der Waals surface area (Å²) in [5.41, 5.74) is 1.52. The number of hydrogen-bond donors (Lipinski definition) is 2. The Balaban J connectivity index is 2.22. The van der Waals surface area contributed by atoms with Crippen molar-refractivity contribution in [1.82, 2.24) is 5.32 Å². The quantitative estimate of drug-likeness (QED) is 0.594. The molecule has 1 atom stereocenters. The summed E-state index contributed by atoms with van der Waals surface area (Å²) < 4.78 is 19.0. The molecule has 0 saturated heterocycles. The van der Waals surface area contributed by atoms with Crippen LogP contribution in [0, 0.1) is 5.82 Å². The van der Waals surface area contributed by atoms with Crippen molar-refractivity contribution in [1.29, 1.82) is 0 Å². The summed E-state index contributed by atoms with van der Waals surface area (Å²) in [4.78, 5) is 34.6. The van der Waals surface area contributed by atoms with Crippen molar-refractivity contribution >= 4 is 29.4 Å². The Hall–Kier alpha value is -2.93. The highest BCUT2D eigenvalue weighted by molar-refractivity contribution is 6.30. The monoisotopic (exact) mass is 421 g/mol. The van der Waals surface area contributed by atoms with Gasteiger partial charge in [0.25, 0.3) is 0 Å². The van der Waals surface area contributed by atoms with Crippen molar-refractivity contribution in [3.8, 4) is 11.1 Å². The van der Waals surface area contributed by atoms with Gasteiger partial charge in [-0.3, -0.25) is 14.4 Å². The van der Waals surface area contributed by atoms with Crippen LogP contribution in [0.15, 0.2) is 42.5 Å². The van der Waals surface area contributed by atoms with Gasteiger partial charge in [0.2, 0.25) is 5.91 Å². The van der Waals surface area contributed by atoms with Gasteiger partial charge in [0, 0.05) is 17.0 Å². The summed E-state index contributed by atoms with van der Waals surface area (Å²) in [7, 11) is 0. The van der Waals surface area contributed by atoms with E-state index in [1.54, 1.807) is 31.2 Å². The van der Waals surface area contributed by atoms with Gasteiger partial charge in [-0.1, -0.05) is 35.9 Å². The summed E-state index contributed by atoms with van der Waals surface area (Å²) >= 11 is 5.94. The normalized spacial score (nSPS) is 11.6. The maximum Gasteiger partial charge on any atom is 0.308 e. The van der Waals surface area contributed by atoms with Crippen LogP contribution >= 0.6 is 11.6 Å². The number of amides is 1. The molecular formula is C21H21ClFNO5. The van der Waals surface area contributed by atoms with Gasteiger partial charge in [-0.05, 0) is 36.2 Å². The van der Waals surface area contributed by atoms with Crippen molar-refractivity contribution in [3.05, 3.63) is 58.9 Å².